The van der Waals surface area contributed by atoms with E-state index in [1.165, 1.54) is 36.2 Å². The van der Waals surface area contributed by atoms with Crippen LogP contribution in [0.3, 0.4) is 0 Å². The first-order valence-corrected chi connectivity index (χ1v) is 15.4. The van der Waals surface area contributed by atoms with Crippen molar-refractivity contribution in [3.8, 4) is 0 Å². The Bertz CT molecular complexity index is 1560. The molecule has 0 bridgehead atoms. The van der Waals surface area contributed by atoms with Crippen LogP contribution >= 0.6 is 23.2 Å². The van der Waals surface area contributed by atoms with Gasteiger partial charge in [-0.05, 0) is 54.4 Å². The Morgan fingerprint density at radius 1 is 1.00 bits per heavy atom. The molecule has 200 valence electrons. The molecule has 1 aliphatic heterocycles. The molecular formula is C25H25Cl2N5O4S2. The first kappa shape index (κ1) is 28.1. The molecule has 3 aromatic carbocycles. The Balaban J connectivity index is 1.77. The molecule has 4 rings (SSSR count). The maximum Gasteiger partial charge on any atom is 0.264 e. The summed E-state index contributed by atoms with van der Waals surface area (Å²) in [5.41, 5.74) is 2.43. The van der Waals surface area contributed by atoms with E-state index in [-0.39, 0.29) is 23.3 Å². The molecule has 13 heteroatoms. The van der Waals surface area contributed by atoms with E-state index in [0.29, 0.717) is 15.8 Å². The van der Waals surface area contributed by atoms with Crippen molar-refractivity contribution < 1.29 is 16.8 Å². The average Bonchev–Trinajstić information content (AvgIpc) is 3.29. The average molecular weight is 595 g/mol. The summed E-state index contributed by atoms with van der Waals surface area (Å²) < 4.78 is 52.4. The highest BCUT2D eigenvalue weighted by Crippen LogP contribution is 2.30. The minimum atomic E-state index is -4.12. The van der Waals surface area contributed by atoms with E-state index in [2.05, 4.69) is 9.71 Å². The molecule has 0 saturated carbocycles. The third-order valence-corrected chi connectivity index (χ3v) is 8.46. The number of nitrogens with one attached hydrogen (secondary N) is 1. The zero-order valence-corrected chi connectivity index (χ0v) is 23.3. The molecule has 0 amide bonds. The van der Waals surface area contributed by atoms with Crippen LogP contribution < -0.4 is 9.86 Å². The van der Waals surface area contributed by atoms with Crippen LogP contribution in [0.15, 0.2) is 93.9 Å². The first-order valence-electron chi connectivity index (χ1n) is 11.4. The van der Waals surface area contributed by atoms with Crippen molar-refractivity contribution in [1.29, 1.82) is 0 Å². The second kappa shape index (κ2) is 11.4. The van der Waals surface area contributed by atoms with E-state index >= 15 is 0 Å². The van der Waals surface area contributed by atoms with E-state index in [4.69, 9.17) is 33.4 Å². The number of primary sulfonamides is 1. The van der Waals surface area contributed by atoms with Gasteiger partial charge in [0.05, 0.1) is 28.9 Å². The Morgan fingerprint density at radius 2 is 1.58 bits per heavy atom. The molecule has 3 aromatic rings. The summed E-state index contributed by atoms with van der Waals surface area (Å²) in [7, 11) is -7.99. The third-order valence-electron chi connectivity index (χ3n) is 5.67. The first-order chi connectivity index (χ1) is 17.9. The van der Waals surface area contributed by atoms with Gasteiger partial charge in [-0.25, -0.2) is 36.7 Å². The van der Waals surface area contributed by atoms with Gasteiger partial charge in [-0.2, -0.15) is 5.10 Å². The summed E-state index contributed by atoms with van der Waals surface area (Å²) in [5, 5.41) is 12.3. The smallest absolute Gasteiger partial charge is 0.248 e. The van der Waals surface area contributed by atoms with Crippen molar-refractivity contribution in [2.75, 3.05) is 12.3 Å². The Labute approximate surface area is 232 Å². The van der Waals surface area contributed by atoms with E-state index in [1.54, 1.807) is 12.1 Å². The molecule has 1 unspecified atom stereocenters. The quantitative estimate of drug-likeness (QED) is 0.317. The van der Waals surface area contributed by atoms with Crippen LogP contribution in [0.4, 0.5) is 0 Å². The van der Waals surface area contributed by atoms with Crippen molar-refractivity contribution >= 4 is 54.9 Å². The summed E-state index contributed by atoms with van der Waals surface area (Å²) in [6, 6.07) is 21.5. The number of benzene rings is 3. The lowest BCUT2D eigenvalue weighted by atomic mass is 9.91. The maximum absolute atomic E-state index is 13.3. The molecule has 38 heavy (non-hydrogen) atoms. The van der Waals surface area contributed by atoms with Gasteiger partial charge in [0.25, 0.3) is 10.0 Å². The highest BCUT2D eigenvalue weighted by molar-refractivity contribution is 7.90. The molecular weight excluding hydrogens is 569 g/mol. The standard InChI is InChI=1S/C25H25Cl2N5O4S2/c1-17(16-37(28,33)34)29-25(31-38(35,36)22-13-11-21(27)12-14-22)32-15-23(18-5-3-2-4-6-18)24(30-32)19-7-9-20(26)10-8-19/h2-14,17,23H,15-16H2,1H3,(H,29,31)(H2,28,33,34)/t17?,23-/m0/s1. The van der Waals surface area contributed by atoms with Crippen LogP contribution in [0.25, 0.3) is 0 Å². The molecule has 0 aromatic heterocycles. The van der Waals surface area contributed by atoms with Crippen molar-refractivity contribution in [3.05, 3.63) is 100 Å². The topological polar surface area (TPSA) is 134 Å². The zero-order valence-electron chi connectivity index (χ0n) is 20.2. The van der Waals surface area contributed by atoms with Gasteiger partial charge in [0.2, 0.25) is 16.0 Å². The maximum atomic E-state index is 13.3. The minimum absolute atomic E-state index is 0.0468. The van der Waals surface area contributed by atoms with Crippen LogP contribution in [-0.4, -0.2) is 51.9 Å². The van der Waals surface area contributed by atoms with Gasteiger partial charge in [0.15, 0.2) is 0 Å². The van der Waals surface area contributed by atoms with Crippen molar-refractivity contribution in [2.45, 2.75) is 23.8 Å². The number of hydrazone groups is 1. The van der Waals surface area contributed by atoms with Crippen LogP contribution in [0.1, 0.15) is 24.0 Å². The second-order valence-electron chi connectivity index (χ2n) is 8.73. The number of nitrogens with two attached hydrogens (primary N) is 1. The highest BCUT2D eigenvalue weighted by atomic mass is 35.5. The summed E-state index contributed by atoms with van der Waals surface area (Å²) >= 11 is 12.0. The van der Waals surface area contributed by atoms with Gasteiger partial charge >= 0.3 is 0 Å². The monoisotopic (exact) mass is 593 g/mol. The van der Waals surface area contributed by atoms with E-state index in [9.17, 15) is 16.8 Å². The van der Waals surface area contributed by atoms with Gasteiger partial charge in [-0.3, -0.25) is 0 Å². The number of hydrogen-bond donors (Lipinski definition) is 2. The summed E-state index contributed by atoms with van der Waals surface area (Å²) in [4.78, 5) is 4.33. The third kappa shape index (κ3) is 7.12. The number of nitrogens with zero attached hydrogens (tertiary/aromatic N) is 3. The SMILES string of the molecule is CC(CS(N)(=O)=O)N=C(NS(=O)(=O)c1ccc(Cl)cc1)N1C[C@@H](c2ccccc2)C(c2ccc(Cl)cc2)=N1. The van der Waals surface area contributed by atoms with Crippen molar-refractivity contribution in [2.24, 2.45) is 15.2 Å². The van der Waals surface area contributed by atoms with Gasteiger partial charge in [0, 0.05) is 16.0 Å². The molecule has 1 heterocycles. The number of halogens is 2. The van der Waals surface area contributed by atoms with E-state index in [0.717, 1.165) is 11.1 Å². The van der Waals surface area contributed by atoms with Crippen molar-refractivity contribution in [3.63, 3.8) is 0 Å². The van der Waals surface area contributed by atoms with Crippen LogP contribution in [0, 0.1) is 0 Å². The van der Waals surface area contributed by atoms with Gasteiger partial charge < -0.3 is 0 Å². The summed E-state index contributed by atoms with van der Waals surface area (Å²) in [5.74, 6) is -0.861. The van der Waals surface area contributed by atoms with Gasteiger partial charge in [-0.15, -0.1) is 0 Å². The molecule has 1 aliphatic rings. The molecule has 3 N–H and O–H groups in total. The van der Waals surface area contributed by atoms with Crippen molar-refractivity contribution in [1.82, 2.24) is 9.73 Å². The van der Waals surface area contributed by atoms with Crippen LogP contribution in [-0.2, 0) is 20.0 Å². The Morgan fingerprint density at radius 3 is 2.16 bits per heavy atom. The van der Waals surface area contributed by atoms with Gasteiger partial charge in [0.1, 0.15) is 0 Å². The molecule has 2 atom stereocenters. The number of sulfonamides is 2. The fourth-order valence-corrected chi connectivity index (χ4v) is 5.99. The lowest BCUT2D eigenvalue weighted by Gasteiger charge is -2.21. The molecule has 0 aliphatic carbocycles. The minimum Gasteiger partial charge on any atom is -0.248 e. The fraction of sp³-hybridized carbons (Fsp3) is 0.200. The second-order valence-corrected chi connectivity index (χ2v) is 12.9. The number of hydrogen-bond acceptors (Lipinski definition) is 6. The van der Waals surface area contributed by atoms with Crippen LogP contribution in [0.2, 0.25) is 10.0 Å². The summed E-state index contributed by atoms with van der Waals surface area (Å²) in [6.07, 6.45) is 0. The Hall–Kier alpha value is -2.96. The van der Waals surface area contributed by atoms with E-state index < -0.39 is 31.8 Å². The lowest BCUT2D eigenvalue weighted by Crippen LogP contribution is -2.42. The van der Waals surface area contributed by atoms with Gasteiger partial charge in [-0.1, -0.05) is 65.7 Å². The Kier molecular flexibility index (Phi) is 8.43. The molecule has 0 fully saturated rings. The number of rotatable bonds is 7. The summed E-state index contributed by atoms with van der Waals surface area (Å²) in [6.45, 7) is 1.77. The zero-order chi connectivity index (χ0) is 27.5. The molecule has 0 saturated heterocycles. The van der Waals surface area contributed by atoms with E-state index in [1.807, 2.05) is 42.5 Å². The molecule has 0 spiro atoms. The van der Waals surface area contributed by atoms with Crippen LogP contribution in [0.5, 0.6) is 0 Å². The fourth-order valence-electron chi connectivity index (χ4n) is 3.98. The predicted molar refractivity (Wildman–Crippen MR) is 151 cm³/mol. The lowest BCUT2D eigenvalue weighted by molar-refractivity contribution is 0.458. The largest absolute Gasteiger partial charge is 0.264 e. The molecule has 9 nitrogen and oxygen atoms in total. The predicted octanol–water partition coefficient (Wildman–Crippen LogP) is 3.81. The number of guanidine groups is 1. The normalized spacial score (nSPS) is 17.3. The number of aliphatic imine (C=N–C) groups is 1. The molecule has 0 radical (unpaired) electrons. The highest BCUT2D eigenvalue weighted by Gasteiger charge is 2.33.